The number of nitrogens with one attached hydrogen (secondary N) is 2. The molecule has 0 bridgehead atoms. The zero-order chi connectivity index (χ0) is 20.3. The molecular formula is C20H19ClN2O5. The molecule has 0 spiro atoms. The molecule has 3 rings (SSSR count). The average Bonchev–Trinajstić information content (AvgIpc) is 2.68. The summed E-state index contributed by atoms with van der Waals surface area (Å²) < 4.78 is 10.4. The first-order valence-corrected chi connectivity index (χ1v) is 8.86. The van der Waals surface area contributed by atoms with E-state index >= 15 is 0 Å². The van der Waals surface area contributed by atoms with Gasteiger partial charge in [0.2, 0.25) is 0 Å². The van der Waals surface area contributed by atoms with Gasteiger partial charge in [-0.25, -0.2) is 0 Å². The Kier molecular flexibility index (Phi) is 5.75. The van der Waals surface area contributed by atoms with Gasteiger partial charge in [-0.15, -0.1) is 0 Å². The van der Waals surface area contributed by atoms with E-state index in [1.165, 1.54) is 26.4 Å². The van der Waals surface area contributed by atoms with Crippen molar-refractivity contribution in [3.05, 3.63) is 62.9 Å². The van der Waals surface area contributed by atoms with Crippen molar-refractivity contribution in [3.8, 4) is 17.2 Å². The third kappa shape index (κ3) is 3.89. The molecule has 0 saturated heterocycles. The number of carbonyl (C=O) groups is 1. The number of aromatic hydroxyl groups is 1. The van der Waals surface area contributed by atoms with Crippen LogP contribution in [0.25, 0.3) is 10.9 Å². The molecule has 2 aromatic carbocycles. The van der Waals surface area contributed by atoms with Crippen LogP contribution in [0.5, 0.6) is 17.2 Å². The Morgan fingerprint density at radius 2 is 1.79 bits per heavy atom. The Balaban J connectivity index is 1.86. The van der Waals surface area contributed by atoms with Crippen LogP contribution in [0.15, 0.2) is 41.2 Å². The highest BCUT2D eigenvalue weighted by atomic mass is 35.5. The van der Waals surface area contributed by atoms with E-state index in [9.17, 15) is 14.7 Å². The van der Waals surface area contributed by atoms with E-state index in [4.69, 9.17) is 21.1 Å². The van der Waals surface area contributed by atoms with Crippen molar-refractivity contribution in [2.24, 2.45) is 0 Å². The van der Waals surface area contributed by atoms with Gasteiger partial charge in [-0.05, 0) is 30.2 Å². The fraction of sp³-hybridized carbons (Fsp3) is 0.200. The zero-order valence-corrected chi connectivity index (χ0v) is 16.1. The van der Waals surface area contributed by atoms with Gasteiger partial charge < -0.3 is 24.9 Å². The van der Waals surface area contributed by atoms with Crippen molar-refractivity contribution in [2.45, 2.75) is 6.42 Å². The lowest BCUT2D eigenvalue weighted by Crippen LogP contribution is -2.31. The maximum absolute atomic E-state index is 12.5. The van der Waals surface area contributed by atoms with Crippen LogP contribution >= 0.6 is 11.6 Å². The molecule has 0 atom stereocenters. The maximum atomic E-state index is 12.5. The third-order valence-corrected chi connectivity index (χ3v) is 4.58. The molecule has 1 amide bonds. The number of ether oxygens (including phenoxy) is 2. The Morgan fingerprint density at radius 3 is 2.43 bits per heavy atom. The quantitative estimate of drug-likeness (QED) is 0.588. The molecule has 7 nitrogen and oxygen atoms in total. The zero-order valence-electron chi connectivity index (χ0n) is 15.3. The van der Waals surface area contributed by atoms with Gasteiger partial charge >= 0.3 is 0 Å². The molecule has 8 heteroatoms. The number of carbonyl (C=O) groups excluding carboxylic acids is 1. The summed E-state index contributed by atoms with van der Waals surface area (Å²) in [4.78, 5) is 27.4. The number of pyridine rings is 1. The van der Waals surface area contributed by atoms with Crippen LogP contribution in [-0.2, 0) is 6.42 Å². The highest BCUT2D eigenvalue weighted by Crippen LogP contribution is 2.35. The number of benzene rings is 2. The fourth-order valence-corrected chi connectivity index (χ4v) is 3.00. The van der Waals surface area contributed by atoms with E-state index in [1.807, 2.05) is 12.1 Å². The van der Waals surface area contributed by atoms with E-state index in [2.05, 4.69) is 10.3 Å². The number of amides is 1. The number of aromatic nitrogens is 1. The van der Waals surface area contributed by atoms with Gasteiger partial charge in [0, 0.05) is 23.0 Å². The molecule has 28 heavy (non-hydrogen) atoms. The van der Waals surface area contributed by atoms with Crippen LogP contribution in [0.1, 0.15) is 15.9 Å². The van der Waals surface area contributed by atoms with E-state index in [0.717, 1.165) is 5.56 Å². The minimum absolute atomic E-state index is 0.278. The Morgan fingerprint density at radius 1 is 1.14 bits per heavy atom. The molecule has 3 N–H and O–H groups in total. The second kappa shape index (κ2) is 8.22. The van der Waals surface area contributed by atoms with Gasteiger partial charge in [0.1, 0.15) is 11.3 Å². The summed E-state index contributed by atoms with van der Waals surface area (Å²) in [6.45, 7) is 0.295. The van der Waals surface area contributed by atoms with Gasteiger partial charge in [0.25, 0.3) is 11.5 Å². The predicted octanol–water partition coefficient (Wildman–Crippen LogP) is 2.88. The van der Waals surface area contributed by atoms with Crippen LogP contribution in [0.2, 0.25) is 5.02 Å². The van der Waals surface area contributed by atoms with Crippen molar-refractivity contribution in [1.29, 1.82) is 0 Å². The first-order valence-electron chi connectivity index (χ1n) is 8.48. The monoisotopic (exact) mass is 402 g/mol. The molecule has 0 aliphatic heterocycles. The summed E-state index contributed by atoms with van der Waals surface area (Å²) in [5.41, 5.74) is 0.271. The topological polar surface area (TPSA) is 101 Å². The highest BCUT2D eigenvalue weighted by Gasteiger charge is 2.20. The minimum atomic E-state index is -0.693. The summed E-state index contributed by atoms with van der Waals surface area (Å²) in [5.74, 6) is -0.315. The second-order valence-corrected chi connectivity index (χ2v) is 6.50. The smallest absolute Gasteiger partial charge is 0.265 e. The van der Waals surface area contributed by atoms with Crippen molar-refractivity contribution in [3.63, 3.8) is 0 Å². The third-order valence-electron chi connectivity index (χ3n) is 4.33. The molecule has 1 aromatic heterocycles. The number of fused-ring (bicyclic) bond motifs is 1. The fourth-order valence-electron chi connectivity index (χ4n) is 2.88. The van der Waals surface area contributed by atoms with E-state index in [-0.39, 0.29) is 10.9 Å². The minimum Gasteiger partial charge on any atom is -0.506 e. The maximum Gasteiger partial charge on any atom is 0.265 e. The molecule has 0 aliphatic rings. The molecular weight excluding hydrogens is 384 g/mol. The molecule has 0 fully saturated rings. The summed E-state index contributed by atoms with van der Waals surface area (Å²) >= 11 is 5.85. The summed E-state index contributed by atoms with van der Waals surface area (Å²) in [7, 11) is 2.92. The molecule has 0 unspecified atom stereocenters. The lowest BCUT2D eigenvalue weighted by atomic mass is 10.1. The Bertz CT molecular complexity index is 1080. The normalized spacial score (nSPS) is 10.7. The van der Waals surface area contributed by atoms with Crippen molar-refractivity contribution in [1.82, 2.24) is 10.3 Å². The molecule has 0 aliphatic carbocycles. The van der Waals surface area contributed by atoms with Crippen LogP contribution < -0.4 is 20.3 Å². The Labute approximate surface area is 165 Å². The summed E-state index contributed by atoms with van der Waals surface area (Å²) in [6.07, 6.45) is 0.556. The van der Waals surface area contributed by atoms with Gasteiger partial charge in [-0.2, -0.15) is 0 Å². The molecule has 0 radical (unpaired) electrons. The van der Waals surface area contributed by atoms with Crippen LogP contribution in [0, 0.1) is 0 Å². The van der Waals surface area contributed by atoms with Crippen LogP contribution in [0.4, 0.5) is 0 Å². The van der Waals surface area contributed by atoms with Gasteiger partial charge in [-0.1, -0.05) is 23.7 Å². The van der Waals surface area contributed by atoms with Gasteiger partial charge in [-0.3, -0.25) is 9.59 Å². The van der Waals surface area contributed by atoms with Crippen molar-refractivity contribution in [2.75, 3.05) is 20.8 Å². The van der Waals surface area contributed by atoms with Crippen molar-refractivity contribution < 1.29 is 19.4 Å². The SMILES string of the molecule is COc1cc2[nH]c(=O)c(C(=O)NCCc3ccc(Cl)cc3)c(O)c2cc1OC. The Hall–Kier alpha value is -3.19. The lowest BCUT2D eigenvalue weighted by molar-refractivity contribution is 0.0950. The molecule has 0 saturated carbocycles. The average molecular weight is 403 g/mol. The highest BCUT2D eigenvalue weighted by molar-refractivity contribution is 6.30. The predicted molar refractivity (Wildman–Crippen MR) is 107 cm³/mol. The second-order valence-electron chi connectivity index (χ2n) is 6.06. The number of H-pyrrole nitrogens is 1. The lowest BCUT2D eigenvalue weighted by Gasteiger charge is -2.12. The molecule has 3 aromatic rings. The molecule has 1 heterocycles. The van der Waals surface area contributed by atoms with Crippen molar-refractivity contribution >= 4 is 28.4 Å². The van der Waals surface area contributed by atoms with E-state index < -0.39 is 17.2 Å². The van der Waals surface area contributed by atoms with Crippen LogP contribution in [-0.4, -0.2) is 36.8 Å². The standard InChI is InChI=1S/C20H19ClN2O5/c1-27-15-9-13-14(10-16(15)28-2)23-20(26)17(18(13)24)19(25)22-8-7-11-3-5-12(21)6-4-11/h3-6,9-10H,7-8H2,1-2H3,(H,22,25)(H2,23,24,26). The number of halogens is 1. The van der Waals surface area contributed by atoms with E-state index in [0.29, 0.717) is 35.0 Å². The molecule has 146 valence electrons. The number of hydrogen-bond acceptors (Lipinski definition) is 5. The first-order chi connectivity index (χ1) is 13.4. The number of methoxy groups -OCH3 is 2. The number of aromatic amines is 1. The first kappa shape index (κ1) is 19.6. The number of rotatable bonds is 6. The number of hydrogen-bond donors (Lipinski definition) is 3. The van der Waals surface area contributed by atoms with Gasteiger partial charge in [0.15, 0.2) is 11.5 Å². The summed E-state index contributed by atoms with van der Waals surface area (Å²) in [6, 6.07) is 10.3. The van der Waals surface area contributed by atoms with E-state index in [1.54, 1.807) is 12.1 Å². The largest absolute Gasteiger partial charge is 0.506 e. The summed E-state index contributed by atoms with van der Waals surface area (Å²) in [5, 5.41) is 14.1. The van der Waals surface area contributed by atoms with Crippen LogP contribution in [0.3, 0.4) is 0 Å². The van der Waals surface area contributed by atoms with Gasteiger partial charge in [0.05, 0.1) is 19.7 Å².